The summed E-state index contributed by atoms with van der Waals surface area (Å²) in [6, 6.07) is 7.32. The Morgan fingerprint density at radius 2 is 1.83 bits per heavy atom. The van der Waals surface area contributed by atoms with Gasteiger partial charge in [0.1, 0.15) is 11.9 Å². The van der Waals surface area contributed by atoms with Crippen LogP contribution in [0.3, 0.4) is 0 Å². The molecule has 0 N–H and O–H groups in total. The predicted octanol–water partition coefficient (Wildman–Crippen LogP) is 2.20. The average Bonchev–Trinajstić information content (AvgIpc) is 3.06. The van der Waals surface area contributed by atoms with Gasteiger partial charge in [-0.15, -0.1) is 0 Å². The lowest BCUT2D eigenvalue weighted by atomic mass is 10.2. The van der Waals surface area contributed by atoms with Crippen molar-refractivity contribution in [3.05, 3.63) is 54.1 Å². The first-order valence-electron chi connectivity index (χ1n) is 7.45. The smallest absolute Gasteiger partial charge is 0.332 e. The summed E-state index contributed by atoms with van der Waals surface area (Å²) in [5.74, 6) is -1.20. The van der Waals surface area contributed by atoms with Crippen LogP contribution in [0.5, 0.6) is 0 Å². The molecule has 1 saturated heterocycles. The van der Waals surface area contributed by atoms with Crippen molar-refractivity contribution in [3.8, 4) is 0 Å². The van der Waals surface area contributed by atoms with Gasteiger partial charge in [-0.1, -0.05) is 0 Å². The Morgan fingerprint density at radius 1 is 1.17 bits per heavy atom. The van der Waals surface area contributed by atoms with Crippen LogP contribution in [0.1, 0.15) is 17.4 Å². The van der Waals surface area contributed by atoms with E-state index in [4.69, 9.17) is 0 Å². The van der Waals surface area contributed by atoms with Gasteiger partial charge in [-0.05, 0) is 43.3 Å². The Hall–Kier alpha value is -2.96. The normalized spacial score (nSPS) is 17.7. The molecule has 6 nitrogen and oxygen atoms in total. The molecule has 3 rings (SSSR count). The van der Waals surface area contributed by atoms with Crippen molar-refractivity contribution in [2.45, 2.75) is 13.0 Å². The van der Waals surface area contributed by atoms with Gasteiger partial charge in [0.2, 0.25) is 0 Å². The highest BCUT2D eigenvalue weighted by atomic mass is 19.1. The second-order valence-electron chi connectivity index (χ2n) is 5.66. The average molecular weight is 329 g/mol. The Bertz CT molecular complexity index is 813. The summed E-state index contributed by atoms with van der Waals surface area (Å²) in [6.07, 6.45) is 1.72. The summed E-state index contributed by atoms with van der Waals surface area (Å²) >= 11 is 0. The van der Waals surface area contributed by atoms with Crippen molar-refractivity contribution in [2.75, 3.05) is 11.4 Å². The fraction of sp³-hybridized carbons (Fsp3) is 0.235. The summed E-state index contributed by atoms with van der Waals surface area (Å²) < 4.78 is 14.7. The van der Waals surface area contributed by atoms with Crippen LogP contribution in [-0.4, -0.2) is 39.8 Å². The minimum Gasteiger partial charge on any atom is -0.348 e. The molecule has 0 radical (unpaired) electrons. The van der Waals surface area contributed by atoms with Crippen molar-refractivity contribution >= 4 is 23.4 Å². The molecule has 1 aromatic carbocycles. The first-order chi connectivity index (χ1) is 11.4. The van der Waals surface area contributed by atoms with E-state index in [1.165, 1.54) is 29.2 Å². The van der Waals surface area contributed by atoms with E-state index in [1.807, 2.05) is 0 Å². The Labute approximate surface area is 138 Å². The minimum atomic E-state index is -0.746. The van der Waals surface area contributed by atoms with Gasteiger partial charge >= 0.3 is 6.03 Å². The molecule has 1 aliphatic heterocycles. The van der Waals surface area contributed by atoms with Gasteiger partial charge in [0.25, 0.3) is 5.91 Å². The number of halogens is 1. The molecule has 2 heterocycles. The SMILES string of the molecule is C[C@@H]1C(=O)N(CC(=O)c2cccn2C)C(=O)N1c1ccc(F)cc1. The summed E-state index contributed by atoms with van der Waals surface area (Å²) in [5, 5.41) is 0. The third kappa shape index (κ3) is 2.58. The number of rotatable bonds is 4. The Morgan fingerprint density at radius 3 is 2.42 bits per heavy atom. The number of hydrogen-bond acceptors (Lipinski definition) is 3. The van der Waals surface area contributed by atoms with Gasteiger partial charge in [-0.2, -0.15) is 0 Å². The number of imide groups is 1. The quantitative estimate of drug-likeness (QED) is 0.638. The van der Waals surface area contributed by atoms with Crippen LogP contribution in [0.25, 0.3) is 0 Å². The Kier molecular flexibility index (Phi) is 3.92. The third-order valence-corrected chi connectivity index (χ3v) is 4.08. The molecule has 1 fully saturated rings. The largest absolute Gasteiger partial charge is 0.348 e. The molecule has 24 heavy (non-hydrogen) atoms. The number of urea groups is 1. The van der Waals surface area contributed by atoms with Crippen LogP contribution in [0.2, 0.25) is 0 Å². The standard InChI is InChI=1S/C17H16FN3O3/c1-11-16(23)20(10-15(22)14-4-3-9-19(14)2)17(24)21(11)13-7-5-12(18)6-8-13/h3-9,11H,10H2,1-2H3/t11-/m1/s1. The number of aryl methyl sites for hydroxylation is 1. The molecule has 124 valence electrons. The lowest BCUT2D eigenvalue weighted by Gasteiger charge is -2.19. The number of aromatic nitrogens is 1. The van der Waals surface area contributed by atoms with Crippen molar-refractivity contribution < 1.29 is 18.8 Å². The zero-order valence-corrected chi connectivity index (χ0v) is 13.3. The highest BCUT2D eigenvalue weighted by Gasteiger charge is 2.44. The maximum absolute atomic E-state index is 13.1. The maximum atomic E-state index is 13.1. The summed E-state index contributed by atoms with van der Waals surface area (Å²) in [7, 11) is 1.72. The number of amides is 3. The monoisotopic (exact) mass is 329 g/mol. The Balaban J connectivity index is 1.84. The molecular weight excluding hydrogens is 313 g/mol. The molecule has 3 amide bonds. The van der Waals surface area contributed by atoms with Gasteiger partial charge in [-0.25, -0.2) is 9.18 Å². The van der Waals surface area contributed by atoms with E-state index >= 15 is 0 Å². The van der Waals surface area contributed by atoms with E-state index in [0.717, 1.165) is 4.90 Å². The maximum Gasteiger partial charge on any atom is 0.332 e. The number of ketones is 1. The predicted molar refractivity (Wildman–Crippen MR) is 85.2 cm³/mol. The second-order valence-corrected chi connectivity index (χ2v) is 5.66. The van der Waals surface area contributed by atoms with E-state index in [2.05, 4.69) is 0 Å². The summed E-state index contributed by atoms with van der Waals surface area (Å²) in [4.78, 5) is 39.5. The molecule has 0 saturated carbocycles. The van der Waals surface area contributed by atoms with E-state index in [-0.39, 0.29) is 12.3 Å². The van der Waals surface area contributed by atoms with Crippen LogP contribution in [0, 0.1) is 5.82 Å². The van der Waals surface area contributed by atoms with Gasteiger partial charge in [0, 0.05) is 18.9 Å². The van der Waals surface area contributed by atoms with Crippen LogP contribution < -0.4 is 4.90 Å². The first kappa shape index (κ1) is 15.9. The zero-order chi connectivity index (χ0) is 17.4. The van der Waals surface area contributed by atoms with Crippen LogP contribution in [0.4, 0.5) is 14.9 Å². The number of carbonyl (C=O) groups excluding carboxylic acids is 3. The number of nitrogens with zero attached hydrogens (tertiary/aromatic N) is 3. The van der Waals surface area contributed by atoms with E-state index in [1.54, 1.807) is 36.9 Å². The van der Waals surface area contributed by atoms with Crippen molar-refractivity contribution in [1.29, 1.82) is 0 Å². The van der Waals surface area contributed by atoms with Gasteiger partial charge in [0.15, 0.2) is 5.78 Å². The number of Topliss-reactive ketones (excluding diaryl/α,β-unsaturated/α-hetero) is 1. The molecular formula is C17H16FN3O3. The van der Waals surface area contributed by atoms with Crippen LogP contribution in [-0.2, 0) is 11.8 Å². The summed E-state index contributed by atoms with van der Waals surface area (Å²) in [6.45, 7) is 1.26. The van der Waals surface area contributed by atoms with Gasteiger partial charge in [0.05, 0.1) is 12.2 Å². The van der Waals surface area contributed by atoms with Crippen molar-refractivity contribution in [3.63, 3.8) is 0 Å². The fourth-order valence-corrected chi connectivity index (χ4v) is 2.78. The molecule has 2 aromatic rings. The molecule has 1 atom stereocenters. The van der Waals surface area contributed by atoms with Crippen molar-refractivity contribution in [2.24, 2.45) is 7.05 Å². The molecule has 0 spiro atoms. The summed E-state index contributed by atoms with van der Waals surface area (Å²) in [5.41, 5.74) is 0.833. The lowest BCUT2D eigenvalue weighted by molar-refractivity contribution is -0.126. The van der Waals surface area contributed by atoms with E-state index in [9.17, 15) is 18.8 Å². The molecule has 7 heteroatoms. The van der Waals surface area contributed by atoms with E-state index < -0.39 is 23.8 Å². The topological polar surface area (TPSA) is 62.6 Å². The number of anilines is 1. The zero-order valence-electron chi connectivity index (χ0n) is 13.3. The first-order valence-corrected chi connectivity index (χ1v) is 7.45. The number of carbonyl (C=O) groups is 3. The van der Waals surface area contributed by atoms with Crippen LogP contribution >= 0.6 is 0 Å². The van der Waals surface area contributed by atoms with Crippen molar-refractivity contribution in [1.82, 2.24) is 9.47 Å². The molecule has 0 bridgehead atoms. The van der Waals surface area contributed by atoms with Gasteiger partial charge in [-0.3, -0.25) is 19.4 Å². The van der Waals surface area contributed by atoms with E-state index in [0.29, 0.717) is 11.4 Å². The lowest BCUT2D eigenvalue weighted by Crippen LogP contribution is -2.37. The number of hydrogen-bond donors (Lipinski definition) is 0. The molecule has 0 unspecified atom stereocenters. The second kappa shape index (κ2) is 5.92. The highest BCUT2D eigenvalue weighted by Crippen LogP contribution is 2.26. The fourth-order valence-electron chi connectivity index (χ4n) is 2.78. The molecule has 0 aliphatic carbocycles. The molecule has 1 aromatic heterocycles. The minimum absolute atomic E-state index is 0.322. The van der Waals surface area contributed by atoms with Gasteiger partial charge < -0.3 is 4.57 Å². The van der Waals surface area contributed by atoms with Crippen LogP contribution in [0.15, 0.2) is 42.6 Å². The molecule has 1 aliphatic rings. The third-order valence-electron chi connectivity index (χ3n) is 4.08. The number of benzene rings is 1. The highest BCUT2D eigenvalue weighted by molar-refractivity contribution is 6.16.